The molecule has 112 valence electrons. The highest BCUT2D eigenvalue weighted by Gasteiger charge is 2.18. The summed E-state index contributed by atoms with van der Waals surface area (Å²) >= 11 is 0. The van der Waals surface area contributed by atoms with E-state index in [1.54, 1.807) is 11.8 Å². The van der Waals surface area contributed by atoms with E-state index in [-0.39, 0.29) is 11.9 Å². The lowest BCUT2D eigenvalue weighted by Crippen LogP contribution is -2.41. The molecule has 0 aliphatic rings. The molecule has 3 nitrogen and oxygen atoms in total. The van der Waals surface area contributed by atoms with E-state index >= 15 is 0 Å². The SMILES string of the molecule is Cc1cc(C)cc(CCC(=O)N(CC(C)O)C(C)C)c1. The van der Waals surface area contributed by atoms with Crippen molar-refractivity contribution >= 4 is 5.91 Å². The maximum absolute atomic E-state index is 12.3. The average Bonchev–Trinajstić information content (AvgIpc) is 2.31. The Hall–Kier alpha value is -1.35. The van der Waals surface area contributed by atoms with Crippen molar-refractivity contribution in [1.82, 2.24) is 4.90 Å². The Bertz CT molecular complexity index is 432. The molecule has 0 radical (unpaired) electrons. The van der Waals surface area contributed by atoms with Gasteiger partial charge in [-0.2, -0.15) is 0 Å². The fourth-order valence-electron chi connectivity index (χ4n) is 2.49. The molecule has 0 saturated carbocycles. The van der Waals surface area contributed by atoms with Crippen LogP contribution >= 0.6 is 0 Å². The quantitative estimate of drug-likeness (QED) is 0.868. The van der Waals surface area contributed by atoms with Crippen molar-refractivity contribution in [2.45, 2.75) is 59.6 Å². The first-order valence-corrected chi connectivity index (χ1v) is 7.34. The molecule has 3 heteroatoms. The van der Waals surface area contributed by atoms with Gasteiger partial charge in [-0.3, -0.25) is 4.79 Å². The van der Waals surface area contributed by atoms with E-state index in [4.69, 9.17) is 0 Å². The second-order valence-electron chi connectivity index (χ2n) is 5.98. The number of carbonyl (C=O) groups is 1. The number of nitrogens with zero attached hydrogens (tertiary/aromatic N) is 1. The summed E-state index contributed by atoms with van der Waals surface area (Å²) in [5.41, 5.74) is 3.67. The van der Waals surface area contributed by atoms with Crippen LogP contribution in [-0.2, 0) is 11.2 Å². The molecule has 20 heavy (non-hydrogen) atoms. The Labute approximate surface area is 122 Å². The molecule has 0 aromatic heterocycles. The summed E-state index contributed by atoms with van der Waals surface area (Å²) in [5.74, 6) is 0.111. The lowest BCUT2D eigenvalue weighted by atomic mass is 10.0. The first-order chi connectivity index (χ1) is 9.29. The minimum atomic E-state index is -0.484. The Morgan fingerprint density at radius 3 is 2.15 bits per heavy atom. The molecule has 0 heterocycles. The molecule has 1 amide bonds. The Balaban J connectivity index is 2.64. The number of rotatable bonds is 6. The zero-order valence-electron chi connectivity index (χ0n) is 13.3. The summed E-state index contributed by atoms with van der Waals surface area (Å²) in [4.78, 5) is 14.0. The second kappa shape index (κ2) is 7.44. The van der Waals surface area contributed by atoms with Crippen LogP contribution in [0.4, 0.5) is 0 Å². The van der Waals surface area contributed by atoms with Gasteiger partial charge in [-0.15, -0.1) is 0 Å². The fourth-order valence-corrected chi connectivity index (χ4v) is 2.49. The van der Waals surface area contributed by atoms with Crippen molar-refractivity contribution in [3.63, 3.8) is 0 Å². The standard InChI is InChI=1S/C17H27NO2/c1-12(2)18(11-15(5)19)17(20)7-6-16-9-13(3)8-14(4)10-16/h8-10,12,15,19H,6-7,11H2,1-5H3. The van der Waals surface area contributed by atoms with Crippen LogP contribution in [0.15, 0.2) is 18.2 Å². The van der Waals surface area contributed by atoms with Crippen molar-refractivity contribution in [2.24, 2.45) is 0 Å². The minimum absolute atomic E-state index is 0.111. The minimum Gasteiger partial charge on any atom is -0.392 e. The molecule has 0 fully saturated rings. The lowest BCUT2D eigenvalue weighted by molar-refractivity contribution is -0.134. The van der Waals surface area contributed by atoms with Crippen molar-refractivity contribution in [1.29, 1.82) is 0 Å². The average molecular weight is 277 g/mol. The highest BCUT2D eigenvalue weighted by atomic mass is 16.3. The molecule has 1 aromatic carbocycles. The van der Waals surface area contributed by atoms with Crippen molar-refractivity contribution in [3.05, 3.63) is 34.9 Å². The third-order valence-corrected chi connectivity index (χ3v) is 3.31. The molecule has 0 saturated heterocycles. The molecular formula is C17H27NO2. The lowest BCUT2D eigenvalue weighted by Gasteiger charge is -2.28. The normalized spacial score (nSPS) is 12.6. The number of hydrogen-bond donors (Lipinski definition) is 1. The second-order valence-corrected chi connectivity index (χ2v) is 5.98. The van der Waals surface area contributed by atoms with Gasteiger partial charge < -0.3 is 10.0 Å². The summed E-state index contributed by atoms with van der Waals surface area (Å²) in [7, 11) is 0. The molecule has 0 aliphatic carbocycles. The summed E-state index contributed by atoms with van der Waals surface area (Å²) in [6.07, 6.45) is 0.764. The number of aryl methyl sites for hydroxylation is 3. The Morgan fingerprint density at radius 2 is 1.70 bits per heavy atom. The largest absolute Gasteiger partial charge is 0.392 e. The van der Waals surface area contributed by atoms with Gasteiger partial charge in [0, 0.05) is 19.0 Å². The molecule has 1 aromatic rings. The van der Waals surface area contributed by atoms with Crippen LogP contribution in [0.5, 0.6) is 0 Å². The van der Waals surface area contributed by atoms with E-state index in [0.29, 0.717) is 13.0 Å². The van der Waals surface area contributed by atoms with Crippen LogP contribution in [0.2, 0.25) is 0 Å². The predicted octanol–water partition coefficient (Wildman–Crippen LogP) is 2.85. The topological polar surface area (TPSA) is 40.5 Å². The first kappa shape index (κ1) is 16.7. The first-order valence-electron chi connectivity index (χ1n) is 7.34. The molecule has 1 atom stereocenters. The number of amides is 1. The van der Waals surface area contributed by atoms with Gasteiger partial charge in [0.2, 0.25) is 5.91 Å². The zero-order chi connectivity index (χ0) is 15.3. The molecule has 0 spiro atoms. The Kier molecular flexibility index (Phi) is 6.21. The van der Waals surface area contributed by atoms with E-state index in [1.807, 2.05) is 13.8 Å². The van der Waals surface area contributed by atoms with Crippen LogP contribution in [-0.4, -0.2) is 34.6 Å². The van der Waals surface area contributed by atoms with Gasteiger partial charge in [-0.25, -0.2) is 0 Å². The summed E-state index contributed by atoms with van der Waals surface area (Å²) < 4.78 is 0. The predicted molar refractivity (Wildman–Crippen MR) is 82.8 cm³/mol. The van der Waals surface area contributed by atoms with Gasteiger partial charge in [0.1, 0.15) is 0 Å². The number of aliphatic hydroxyl groups excluding tert-OH is 1. The van der Waals surface area contributed by atoms with Gasteiger partial charge in [-0.05, 0) is 46.6 Å². The molecule has 1 N–H and O–H groups in total. The van der Waals surface area contributed by atoms with Crippen LogP contribution < -0.4 is 0 Å². The monoisotopic (exact) mass is 277 g/mol. The highest BCUT2D eigenvalue weighted by molar-refractivity contribution is 5.76. The van der Waals surface area contributed by atoms with E-state index < -0.39 is 6.10 Å². The van der Waals surface area contributed by atoms with Gasteiger partial charge >= 0.3 is 0 Å². The summed E-state index contributed by atoms with van der Waals surface area (Å²) in [6, 6.07) is 6.53. The van der Waals surface area contributed by atoms with Crippen LogP contribution in [0.3, 0.4) is 0 Å². The van der Waals surface area contributed by atoms with Crippen molar-refractivity contribution in [3.8, 4) is 0 Å². The van der Waals surface area contributed by atoms with Crippen molar-refractivity contribution in [2.75, 3.05) is 6.54 Å². The number of benzene rings is 1. The van der Waals surface area contributed by atoms with E-state index in [2.05, 4.69) is 32.0 Å². The van der Waals surface area contributed by atoms with Crippen LogP contribution in [0, 0.1) is 13.8 Å². The van der Waals surface area contributed by atoms with E-state index in [9.17, 15) is 9.90 Å². The number of carbonyl (C=O) groups excluding carboxylic acids is 1. The van der Waals surface area contributed by atoms with Gasteiger partial charge in [0.15, 0.2) is 0 Å². The van der Waals surface area contributed by atoms with Crippen LogP contribution in [0.25, 0.3) is 0 Å². The maximum atomic E-state index is 12.3. The van der Waals surface area contributed by atoms with Crippen LogP contribution in [0.1, 0.15) is 43.9 Å². The van der Waals surface area contributed by atoms with Gasteiger partial charge in [0.05, 0.1) is 6.10 Å². The highest BCUT2D eigenvalue weighted by Crippen LogP contribution is 2.12. The van der Waals surface area contributed by atoms with Crippen molar-refractivity contribution < 1.29 is 9.90 Å². The third kappa shape index (κ3) is 5.33. The third-order valence-electron chi connectivity index (χ3n) is 3.31. The summed E-state index contributed by atoms with van der Waals surface area (Å²) in [6.45, 7) is 10.2. The molecule has 0 bridgehead atoms. The Morgan fingerprint density at radius 1 is 1.15 bits per heavy atom. The van der Waals surface area contributed by atoms with E-state index in [0.717, 1.165) is 6.42 Å². The number of aliphatic hydroxyl groups is 1. The molecule has 1 unspecified atom stereocenters. The summed E-state index contributed by atoms with van der Waals surface area (Å²) in [5, 5.41) is 9.48. The van der Waals surface area contributed by atoms with E-state index in [1.165, 1.54) is 16.7 Å². The van der Waals surface area contributed by atoms with Gasteiger partial charge in [0.25, 0.3) is 0 Å². The fraction of sp³-hybridized carbons (Fsp3) is 0.588. The molecular weight excluding hydrogens is 250 g/mol. The zero-order valence-corrected chi connectivity index (χ0v) is 13.3. The maximum Gasteiger partial charge on any atom is 0.223 e. The molecule has 0 aliphatic heterocycles. The smallest absolute Gasteiger partial charge is 0.223 e. The number of hydrogen-bond acceptors (Lipinski definition) is 2. The molecule has 1 rings (SSSR count). The van der Waals surface area contributed by atoms with Gasteiger partial charge in [-0.1, -0.05) is 29.3 Å².